The molecule has 0 unspecified atom stereocenters. The zero-order chi connectivity index (χ0) is 21.6. The van der Waals surface area contributed by atoms with E-state index in [1.54, 1.807) is 6.20 Å². The van der Waals surface area contributed by atoms with Crippen LogP contribution in [0.25, 0.3) is 0 Å². The molecule has 1 aromatic carbocycles. The van der Waals surface area contributed by atoms with Crippen LogP contribution in [0.3, 0.4) is 0 Å². The second-order valence-corrected chi connectivity index (χ2v) is 8.19. The molecule has 6 heteroatoms. The van der Waals surface area contributed by atoms with Crippen molar-refractivity contribution in [2.24, 2.45) is 0 Å². The van der Waals surface area contributed by atoms with Gasteiger partial charge in [-0.1, -0.05) is 24.3 Å². The van der Waals surface area contributed by atoms with Gasteiger partial charge in [0, 0.05) is 43.5 Å². The van der Waals surface area contributed by atoms with Gasteiger partial charge in [0.25, 0.3) is 0 Å². The number of likely N-dealkylation sites (tertiary alicyclic amines) is 1. The Kier molecular flexibility index (Phi) is 6.57. The molecule has 2 N–H and O–H groups in total. The molecule has 2 aromatic heterocycles. The second kappa shape index (κ2) is 9.71. The Morgan fingerprint density at radius 2 is 1.97 bits per heavy atom. The Morgan fingerprint density at radius 1 is 1.13 bits per heavy atom. The Bertz CT molecular complexity index is 1030. The number of piperidine rings is 1. The Labute approximate surface area is 183 Å². The van der Waals surface area contributed by atoms with Crippen molar-refractivity contribution in [3.05, 3.63) is 77.6 Å². The molecule has 160 valence electrons. The molecular formula is C25H29N5O. The van der Waals surface area contributed by atoms with Gasteiger partial charge in [0.05, 0.1) is 0 Å². The smallest absolute Gasteiger partial charge is 0.221 e. The van der Waals surface area contributed by atoms with Gasteiger partial charge in [0.15, 0.2) is 0 Å². The monoisotopic (exact) mass is 415 g/mol. The van der Waals surface area contributed by atoms with Crippen LogP contribution in [0.1, 0.15) is 42.5 Å². The number of carbonyl (C=O) groups is 1. The zero-order valence-electron chi connectivity index (χ0n) is 18.1. The van der Waals surface area contributed by atoms with Crippen LogP contribution in [0, 0.1) is 6.92 Å². The van der Waals surface area contributed by atoms with E-state index in [0.29, 0.717) is 5.92 Å². The van der Waals surface area contributed by atoms with Gasteiger partial charge >= 0.3 is 0 Å². The summed E-state index contributed by atoms with van der Waals surface area (Å²) in [7, 11) is 0. The van der Waals surface area contributed by atoms with Crippen LogP contribution in [-0.2, 0) is 11.3 Å². The summed E-state index contributed by atoms with van der Waals surface area (Å²) in [6.07, 6.45) is 4.10. The van der Waals surface area contributed by atoms with E-state index < -0.39 is 0 Å². The highest BCUT2D eigenvalue weighted by molar-refractivity contribution is 5.88. The molecule has 1 saturated heterocycles. The molecule has 1 aliphatic rings. The summed E-state index contributed by atoms with van der Waals surface area (Å²) in [5.41, 5.74) is 4.32. The Balaban J connectivity index is 1.40. The molecular weight excluding hydrogens is 386 g/mol. The first-order chi connectivity index (χ1) is 15.1. The minimum absolute atomic E-state index is 0.0472. The van der Waals surface area contributed by atoms with E-state index in [9.17, 15) is 4.79 Å². The number of aromatic nitrogens is 2. The van der Waals surface area contributed by atoms with E-state index in [4.69, 9.17) is 4.98 Å². The van der Waals surface area contributed by atoms with Crippen molar-refractivity contribution in [1.29, 1.82) is 0 Å². The van der Waals surface area contributed by atoms with Crippen molar-refractivity contribution in [3.63, 3.8) is 0 Å². The van der Waals surface area contributed by atoms with Crippen molar-refractivity contribution in [2.75, 3.05) is 23.7 Å². The predicted octanol–water partition coefficient (Wildman–Crippen LogP) is 4.87. The summed E-state index contributed by atoms with van der Waals surface area (Å²) in [5, 5.41) is 6.17. The minimum Gasteiger partial charge on any atom is -0.326 e. The number of aryl methyl sites for hydroxylation is 1. The highest BCUT2D eigenvalue weighted by Crippen LogP contribution is 2.28. The summed E-state index contributed by atoms with van der Waals surface area (Å²) in [5.74, 6) is 2.05. The number of hydrogen-bond acceptors (Lipinski definition) is 5. The molecule has 0 aliphatic carbocycles. The summed E-state index contributed by atoms with van der Waals surface area (Å²) in [6, 6.07) is 18.3. The predicted molar refractivity (Wildman–Crippen MR) is 124 cm³/mol. The fourth-order valence-corrected chi connectivity index (χ4v) is 4.08. The normalized spacial score (nSPS) is 16.6. The van der Waals surface area contributed by atoms with E-state index in [2.05, 4.69) is 44.8 Å². The third-order valence-electron chi connectivity index (χ3n) is 5.63. The van der Waals surface area contributed by atoms with Crippen molar-refractivity contribution in [3.8, 4) is 0 Å². The maximum absolute atomic E-state index is 11.2. The van der Waals surface area contributed by atoms with E-state index >= 15 is 0 Å². The molecule has 31 heavy (non-hydrogen) atoms. The first kappa shape index (κ1) is 21.0. The average Bonchev–Trinajstić information content (AvgIpc) is 2.77. The van der Waals surface area contributed by atoms with Gasteiger partial charge in [-0.15, -0.1) is 0 Å². The van der Waals surface area contributed by atoms with Crippen molar-refractivity contribution < 1.29 is 4.79 Å². The van der Waals surface area contributed by atoms with Gasteiger partial charge in [-0.2, -0.15) is 0 Å². The fourth-order valence-electron chi connectivity index (χ4n) is 4.08. The lowest BCUT2D eigenvalue weighted by atomic mass is 9.94. The number of pyridine rings is 2. The number of carbonyl (C=O) groups excluding carboxylic acids is 1. The molecule has 1 amide bonds. The number of amides is 1. The quantitative estimate of drug-likeness (QED) is 0.601. The molecule has 0 saturated carbocycles. The molecule has 4 rings (SSSR count). The Hall–Kier alpha value is -3.25. The minimum atomic E-state index is -0.0472. The van der Waals surface area contributed by atoms with E-state index in [1.807, 2.05) is 37.3 Å². The van der Waals surface area contributed by atoms with Crippen molar-refractivity contribution in [1.82, 2.24) is 14.9 Å². The Morgan fingerprint density at radius 3 is 2.74 bits per heavy atom. The lowest BCUT2D eigenvalue weighted by Crippen LogP contribution is -2.34. The first-order valence-corrected chi connectivity index (χ1v) is 10.8. The summed E-state index contributed by atoms with van der Waals surface area (Å²) in [4.78, 5) is 23.0. The largest absolute Gasteiger partial charge is 0.326 e. The topological polar surface area (TPSA) is 70.2 Å². The van der Waals surface area contributed by atoms with Crippen LogP contribution in [0.4, 0.5) is 17.3 Å². The molecule has 6 nitrogen and oxygen atoms in total. The molecule has 3 heterocycles. The number of nitrogens with zero attached hydrogens (tertiary/aromatic N) is 3. The van der Waals surface area contributed by atoms with Crippen LogP contribution in [0.2, 0.25) is 0 Å². The van der Waals surface area contributed by atoms with Crippen molar-refractivity contribution in [2.45, 2.75) is 39.2 Å². The van der Waals surface area contributed by atoms with E-state index in [0.717, 1.165) is 61.1 Å². The van der Waals surface area contributed by atoms with Crippen LogP contribution in [0.5, 0.6) is 0 Å². The maximum Gasteiger partial charge on any atom is 0.221 e. The lowest BCUT2D eigenvalue weighted by molar-refractivity contribution is -0.114. The lowest BCUT2D eigenvalue weighted by Gasteiger charge is -2.32. The standard InChI is InChI=1S/C25H29N5O/c1-18-6-4-14-26-25(18)29-24-9-3-8-23(28-24)21-7-5-15-30(17-21)16-20-10-12-22(13-11-20)27-19(2)31/h3-4,6,8-14,21H,5,7,15-17H2,1-2H3,(H,27,31)(H,26,28,29)/t21-/m0/s1. The molecule has 1 fully saturated rings. The van der Waals surface area contributed by atoms with Gasteiger partial charge in [-0.25, -0.2) is 9.97 Å². The van der Waals surface area contributed by atoms with E-state index in [-0.39, 0.29) is 5.91 Å². The summed E-state index contributed by atoms with van der Waals surface area (Å²) in [6.45, 7) is 6.56. The number of benzene rings is 1. The molecule has 0 bridgehead atoms. The van der Waals surface area contributed by atoms with Crippen LogP contribution in [0.15, 0.2) is 60.8 Å². The third kappa shape index (κ3) is 5.67. The highest BCUT2D eigenvalue weighted by Gasteiger charge is 2.22. The first-order valence-electron chi connectivity index (χ1n) is 10.8. The number of rotatable bonds is 6. The van der Waals surface area contributed by atoms with Crippen LogP contribution in [-0.4, -0.2) is 33.9 Å². The molecule has 0 spiro atoms. The third-order valence-corrected chi connectivity index (χ3v) is 5.63. The number of anilines is 3. The van der Waals surface area contributed by atoms with Crippen LogP contribution >= 0.6 is 0 Å². The molecule has 3 aromatic rings. The van der Waals surface area contributed by atoms with Gasteiger partial charge in [0.1, 0.15) is 11.6 Å². The second-order valence-electron chi connectivity index (χ2n) is 8.19. The van der Waals surface area contributed by atoms with Gasteiger partial charge in [-0.05, 0) is 67.8 Å². The SMILES string of the molecule is CC(=O)Nc1ccc(CN2CCC[C@H](c3cccc(Nc4ncccc4C)n3)C2)cc1. The summed E-state index contributed by atoms with van der Waals surface area (Å²) < 4.78 is 0. The maximum atomic E-state index is 11.2. The molecule has 1 aliphatic heterocycles. The summed E-state index contributed by atoms with van der Waals surface area (Å²) >= 11 is 0. The zero-order valence-corrected chi connectivity index (χ0v) is 18.1. The van der Waals surface area contributed by atoms with E-state index in [1.165, 1.54) is 12.5 Å². The molecule has 0 radical (unpaired) electrons. The van der Waals surface area contributed by atoms with Gasteiger partial charge < -0.3 is 10.6 Å². The number of nitrogens with one attached hydrogen (secondary N) is 2. The molecule has 1 atom stereocenters. The fraction of sp³-hybridized carbons (Fsp3) is 0.320. The van der Waals surface area contributed by atoms with Crippen LogP contribution < -0.4 is 10.6 Å². The van der Waals surface area contributed by atoms with Gasteiger partial charge in [0.2, 0.25) is 5.91 Å². The number of hydrogen-bond donors (Lipinski definition) is 2. The van der Waals surface area contributed by atoms with Crippen molar-refractivity contribution >= 4 is 23.2 Å². The highest BCUT2D eigenvalue weighted by atomic mass is 16.1. The average molecular weight is 416 g/mol. The van der Waals surface area contributed by atoms with Gasteiger partial charge in [-0.3, -0.25) is 9.69 Å².